The number of anilines is 2. The second-order valence-corrected chi connectivity index (χ2v) is 16.0. The summed E-state index contributed by atoms with van der Waals surface area (Å²) in [6.07, 6.45) is 0. The molecule has 0 heterocycles. The quantitative estimate of drug-likeness (QED) is 0.173. The van der Waals surface area contributed by atoms with Gasteiger partial charge in [0.25, 0.3) is 0 Å². The van der Waals surface area contributed by atoms with E-state index in [9.17, 15) is 0 Å². The van der Waals surface area contributed by atoms with Gasteiger partial charge in [-0.25, -0.2) is 0 Å². The highest BCUT2D eigenvalue weighted by Gasteiger charge is 2.47. The Morgan fingerprint density at radius 3 is 1.20 bits per heavy atom. The van der Waals surface area contributed by atoms with Crippen LogP contribution >= 0.6 is 0 Å². The molecule has 0 radical (unpaired) electrons. The van der Waals surface area contributed by atoms with Crippen LogP contribution in [0.4, 0.5) is 11.4 Å². The van der Waals surface area contributed by atoms with E-state index in [1.54, 1.807) is 0 Å². The van der Waals surface area contributed by atoms with Crippen LogP contribution in [0.1, 0.15) is 86.1 Å². The average Bonchev–Trinajstić information content (AvgIpc) is 3.38. The standard InChI is InChI=1S/C47H48N2O2/c1-29-25-33(48)19-23-41(29)50-43-21-17-31(27-39(43)45(3,4)5)47(37-15-11-9-13-35(37)36-14-10-12-16-38(36)47)32-18-22-44(40(28-32)46(6,7)8)51-42-24-20-34(49)26-30(42)2/h9-28H,48-49H2,1-8H3. The number of aryl methyl sites for hydroxylation is 2. The summed E-state index contributed by atoms with van der Waals surface area (Å²) >= 11 is 0. The molecule has 6 aromatic rings. The lowest BCUT2D eigenvalue weighted by Gasteiger charge is -2.36. The molecule has 0 fully saturated rings. The lowest BCUT2D eigenvalue weighted by molar-refractivity contribution is 0.451. The molecule has 0 amide bonds. The summed E-state index contributed by atoms with van der Waals surface area (Å²) in [5, 5.41) is 0. The number of hydrogen-bond donors (Lipinski definition) is 2. The lowest BCUT2D eigenvalue weighted by Crippen LogP contribution is -2.30. The topological polar surface area (TPSA) is 70.5 Å². The molecule has 0 spiro atoms. The Balaban J connectivity index is 1.49. The van der Waals surface area contributed by atoms with Gasteiger partial charge in [-0.3, -0.25) is 0 Å². The predicted octanol–water partition coefficient (Wildman–Crippen LogP) is 12.0. The number of ether oxygens (including phenoxy) is 2. The Morgan fingerprint density at radius 2 is 0.824 bits per heavy atom. The monoisotopic (exact) mass is 672 g/mol. The van der Waals surface area contributed by atoms with E-state index in [2.05, 4.69) is 126 Å². The summed E-state index contributed by atoms with van der Waals surface area (Å²) in [6, 6.07) is 42.9. The van der Waals surface area contributed by atoms with E-state index in [1.807, 2.05) is 50.2 Å². The molecule has 0 bridgehead atoms. The summed E-state index contributed by atoms with van der Waals surface area (Å²) in [6.45, 7) is 17.6. The first-order valence-electron chi connectivity index (χ1n) is 17.8. The van der Waals surface area contributed by atoms with Crippen molar-refractivity contribution in [2.75, 3.05) is 11.5 Å². The Kier molecular flexibility index (Phi) is 8.25. The Bertz CT molecular complexity index is 2120. The van der Waals surface area contributed by atoms with Gasteiger partial charge in [-0.15, -0.1) is 0 Å². The van der Waals surface area contributed by atoms with Crippen LogP contribution in [0.3, 0.4) is 0 Å². The van der Waals surface area contributed by atoms with Crippen LogP contribution in [0.5, 0.6) is 23.0 Å². The summed E-state index contributed by atoms with van der Waals surface area (Å²) in [5.74, 6) is 3.28. The summed E-state index contributed by atoms with van der Waals surface area (Å²) < 4.78 is 13.4. The van der Waals surface area contributed by atoms with Crippen LogP contribution in [0.25, 0.3) is 11.1 Å². The molecule has 4 nitrogen and oxygen atoms in total. The molecule has 7 rings (SSSR count). The van der Waals surface area contributed by atoms with Crippen molar-refractivity contribution in [2.24, 2.45) is 0 Å². The average molecular weight is 673 g/mol. The maximum absolute atomic E-state index is 6.69. The number of benzene rings is 6. The molecule has 1 aliphatic carbocycles. The van der Waals surface area contributed by atoms with E-state index in [4.69, 9.17) is 20.9 Å². The van der Waals surface area contributed by atoms with Gasteiger partial charge in [0.15, 0.2) is 0 Å². The second-order valence-electron chi connectivity index (χ2n) is 16.0. The van der Waals surface area contributed by atoms with Gasteiger partial charge in [-0.2, -0.15) is 0 Å². The highest BCUT2D eigenvalue weighted by molar-refractivity contribution is 5.86. The minimum Gasteiger partial charge on any atom is -0.457 e. The van der Waals surface area contributed by atoms with Gasteiger partial charge in [0.2, 0.25) is 0 Å². The van der Waals surface area contributed by atoms with Crippen molar-refractivity contribution >= 4 is 11.4 Å². The van der Waals surface area contributed by atoms with Crippen molar-refractivity contribution in [3.8, 4) is 34.1 Å². The first kappa shape index (κ1) is 34.0. The van der Waals surface area contributed by atoms with E-state index >= 15 is 0 Å². The lowest BCUT2D eigenvalue weighted by atomic mass is 9.66. The van der Waals surface area contributed by atoms with Gasteiger partial charge in [-0.1, -0.05) is 102 Å². The molecule has 0 aliphatic heterocycles. The first-order chi connectivity index (χ1) is 24.2. The zero-order valence-electron chi connectivity index (χ0n) is 31.0. The van der Waals surface area contributed by atoms with Crippen LogP contribution in [0.15, 0.2) is 121 Å². The molecule has 0 unspecified atom stereocenters. The zero-order valence-corrected chi connectivity index (χ0v) is 31.0. The van der Waals surface area contributed by atoms with E-state index < -0.39 is 5.41 Å². The molecule has 51 heavy (non-hydrogen) atoms. The molecule has 0 aromatic heterocycles. The van der Waals surface area contributed by atoms with E-state index in [0.717, 1.165) is 56.6 Å². The van der Waals surface area contributed by atoms with Gasteiger partial charge in [0.05, 0.1) is 5.41 Å². The molecule has 0 saturated heterocycles. The molecule has 4 heteroatoms. The maximum atomic E-state index is 6.69. The highest BCUT2D eigenvalue weighted by atomic mass is 16.5. The summed E-state index contributed by atoms with van der Waals surface area (Å²) in [5.41, 5.74) is 24.3. The number of hydrogen-bond acceptors (Lipinski definition) is 4. The van der Waals surface area contributed by atoms with E-state index in [0.29, 0.717) is 0 Å². The fourth-order valence-electron chi connectivity index (χ4n) is 7.71. The largest absolute Gasteiger partial charge is 0.457 e. The number of fused-ring (bicyclic) bond motifs is 3. The Morgan fingerprint density at radius 1 is 0.451 bits per heavy atom. The number of nitrogen functional groups attached to an aromatic ring is 2. The van der Waals surface area contributed by atoms with Gasteiger partial charge < -0.3 is 20.9 Å². The van der Waals surface area contributed by atoms with Crippen molar-refractivity contribution < 1.29 is 9.47 Å². The fraction of sp³-hybridized carbons (Fsp3) is 0.234. The molecular weight excluding hydrogens is 625 g/mol. The van der Waals surface area contributed by atoms with Crippen LogP contribution in [0, 0.1) is 13.8 Å². The van der Waals surface area contributed by atoms with Crippen LogP contribution in [-0.4, -0.2) is 0 Å². The van der Waals surface area contributed by atoms with Crippen molar-refractivity contribution in [2.45, 2.75) is 71.6 Å². The molecule has 0 saturated carbocycles. The first-order valence-corrected chi connectivity index (χ1v) is 17.8. The van der Waals surface area contributed by atoms with Gasteiger partial charge in [0.1, 0.15) is 23.0 Å². The van der Waals surface area contributed by atoms with Gasteiger partial charge >= 0.3 is 0 Å². The Hall–Kier alpha value is -5.48. The van der Waals surface area contributed by atoms with Crippen molar-refractivity contribution in [3.63, 3.8) is 0 Å². The Labute approximate surface area is 303 Å². The smallest absolute Gasteiger partial charge is 0.131 e. The van der Waals surface area contributed by atoms with E-state index in [1.165, 1.54) is 33.4 Å². The van der Waals surface area contributed by atoms with Crippen LogP contribution in [-0.2, 0) is 16.2 Å². The third-order valence-corrected chi connectivity index (χ3v) is 10.2. The maximum Gasteiger partial charge on any atom is 0.131 e. The summed E-state index contributed by atoms with van der Waals surface area (Å²) in [4.78, 5) is 0. The third-order valence-electron chi connectivity index (χ3n) is 10.2. The van der Waals surface area contributed by atoms with Gasteiger partial charge in [-0.05, 0) is 130 Å². The second kappa shape index (κ2) is 12.4. The number of rotatable bonds is 6. The predicted molar refractivity (Wildman–Crippen MR) is 212 cm³/mol. The third kappa shape index (κ3) is 5.93. The molecule has 0 atom stereocenters. The molecule has 6 aromatic carbocycles. The highest BCUT2D eigenvalue weighted by Crippen LogP contribution is 2.57. The van der Waals surface area contributed by atoms with Crippen LogP contribution in [0.2, 0.25) is 0 Å². The zero-order chi connectivity index (χ0) is 36.3. The molecule has 1 aliphatic rings. The van der Waals surface area contributed by atoms with E-state index in [-0.39, 0.29) is 10.8 Å². The minimum absolute atomic E-state index is 0.211. The SMILES string of the molecule is Cc1cc(N)ccc1Oc1ccc(C2(c3ccc(Oc4ccc(N)cc4C)c(C(C)(C)C)c3)c3ccccc3-c3ccccc32)cc1C(C)(C)C. The summed E-state index contributed by atoms with van der Waals surface area (Å²) in [7, 11) is 0. The van der Waals surface area contributed by atoms with Crippen molar-refractivity contribution in [1.82, 2.24) is 0 Å². The minimum atomic E-state index is -0.599. The van der Waals surface area contributed by atoms with Crippen molar-refractivity contribution in [1.29, 1.82) is 0 Å². The fourth-order valence-corrected chi connectivity index (χ4v) is 7.71. The van der Waals surface area contributed by atoms with Crippen molar-refractivity contribution in [3.05, 3.63) is 166 Å². The number of nitrogens with two attached hydrogens (primary N) is 2. The van der Waals surface area contributed by atoms with Gasteiger partial charge in [0, 0.05) is 22.5 Å². The molecule has 4 N–H and O–H groups in total. The normalized spacial score (nSPS) is 13.4. The van der Waals surface area contributed by atoms with Crippen LogP contribution < -0.4 is 20.9 Å². The molecule has 258 valence electrons. The molecular formula is C47H48N2O2.